The third kappa shape index (κ3) is 3.22. The van der Waals surface area contributed by atoms with E-state index in [2.05, 4.69) is 13.8 Å². The second-order valence-corrected chi connectivity index (χ2v) is 11.3. The van der Waals surface area contributed by atoms with Gasteiger partial charge in [-0.25, -0.2) is 0 Å². The summed E-state index contributed by atoms with van der Waals surface area (Å²) in [6.45, 7) is 9.57. The Hall–Kier alpha value is -1.10. The predicted octanol–water partition coefficient (Wildman–Crippen LogP) is 4.64. The normalized spacial score (nSPS) is 48.7. The minimum absolute atomic E-state index is 0.0899. The van der Waals surface area contributed by atoms with Gasteiger partial charge in [0.05, 0.1) is 0 Å². The van der Waals surface area contributed by atoms with Gasteiger partial charge >= 0.3 is 11.9 Å². The summed E-state index contributed by atoms with van der Waals surface area (Å²) in [5.41, 5.74) is -0.816. The van der Waals surface area contributed by atoms with Crippen LogP contribution in [-0.2, 0) is 19.1 Å². The first-order valence-electron chi connectivity index (χ1n) is 12.1. The van der Waals surface area contributed by atoms with Gasteiger partial charge in [-0.3, -0.25) is 9.59 Å². The zero-order valence-electron chi connectivity index (χ0n) is 19.4. The summed E-state index contributed by atoms with van der Waals surface area (Å²) in [6, 6.07) is 0. The molecular formula is C25H40O5. The summed E-state index contributed by atoms with van der Waals surface area (Å²) in [7, 11) is 0. The number of rotatable bonds is 3. The first kappa shape index (κ1) is 22.1. The van der Waals surface area contributed by atoms with Gasteiger partial charge in [0.2, 0.25) is 0 Å². The van der Waals surface area contributed by atoms with Gasteiger partial charge in [0, 0.05) is 19.3 Å². The first-order valence-corrected chi connectivity index (χ1v) is 12.1. The van der Waals surface area contributed by atoms with Gasteiger partial charge in [-0.05, 0) is 93.8 Å². The molecule has 4 fully saturated rings. The fourth-order valence-corrected chi connectivity index (χ4v) is 8.63. The lowest BCUT2D eigenvalue weighted by molar-refractivity contribution is -0.201. The Balaban J connectivity index is 1.54. The van der Waals surface area contributed by atoms with E-state index in [1.165, 1.54) is 26.7 Å². The van der Waals surface area contributed by atoms with Crippen molar-refractivity contribution in [1.82, 2.24) is 0 Å². The molecule has 4 aliphatic rings. The van der Waals surface area contributed by atoms with E-state index in [1.807, 2.05) is 6.92 Å². The quantitative estimate of drug-likeness (QED) is 0.673. The van der Waals surface area contributed by atoms with Crippen molar-refractivity contribution in [1.29, 1.82) is 0 Å². The molecule has 5 heteroatoms. The van der Waals surface area contributed by atoms with Crippen molar-refractivity contribution in [2.24, 2.45) is 34.5 Å². The zero-order chi connectivity index (χ0) is 21.9. The molecule has 4 saturated carbocycles. The van der Waals surface area contributed by atoms with Crippen molar-refractivity contribution in [3.63, 3.8) is 0 Å². The van der Waals surface area contributed by atoms with Crippen LogP contribution in [0.3, 0.4) is 0 Å². The van der Waals surface area contributed by atoms with Crippen LogP contribution in [0, 0.1) is 34.5 Å². The number of esters is 2. The van der Waals surface area contributed by atoms with Gasteiger partial charge in [0.1, 0.15) is 17.8 Å². The Labute approximate surface area is 181 Å². The molecule has 5 nitrogen and oxygen atoms in total. The summed E-state index contributed by atoms with van der Waals surface area (Å²) in [4.78, 5) is 23.0. The smallest absolute Gasteiger partial charge is 0.302 e. The third-order valence-corrected chi connectivity index (χ3v) is 10.2. The minimum Gasteiger partial charge on any atom is -0.463 e. The lowest BCUT2D eigenvalue weighted by Gasteiger charge is -2.62. The SMILES string of the molecule is CC(=O)O[C@@H]1CC[C@@]2(C)[C@@H](CC[C@@H]3[C@H]2CC[C@]2(C)[C@@H]3CC[C@]2(O)[C@H](C)OC(C)=O)C1. The van der Waals surface area contributed by atoms with Crippen molar-refractivity contribution in [2.45, 2.75) is 110 Å². The van der Waals surface area contributed by atoms with Crippen LogP contribution in [-0.4, -0.2) is 34.9 Å². The topological polar surface area (TPSA) is 72.8 Å². The lowest BCUT2D eigenvalue weighted by atomic mass is 9.44. The molecule has 0 amide bonds. The molecule has 4 rings (SSSR count). The summed E-state index contributed by atoms with van der Waals surface area (Å²) < 4.78 is 11.1. The standard InChI is InChI=1S/C25H40O5/c1-15(29-16(2)26)25(28)13-10-22-20-7-6-18-14-19(30-17(3)27)8-11-23(18,4)21(20)9-12-24(22,25)5/h15,18-22,28H,6-14H2,1-5H3/t15-,18-,19+,20+,21+,22+,23-,24+,25-/m0/s1. The maximum Gasteiger partial charge on any atom is 0.302 e. The maximum atomic E-state index is 11.7. The molecule has 0 unspecified atom stereocenters. The van der Waals surface area contributed by atoms with E-state index in [-0.39, 0.29) is 23.5 Å². The minimum atomic E-state index is -0.932. The zero-order valence-corrected chi connectivity index (χ0v) is 19.4. The summed E-state index contributed by atoms with van der Waals surface area (Å²) in [5.74, 6) is 1.96. The molecule has 0 spiro atoms. The number of hydrogen-bond acceptors (Lipinski definition) is 5. The van der Waals surface area contributed by atoms with Gasteiger partial charge in [-0.2, -0.15) is 0 Å². The summed E-state index contributed by atoms with van der Waals surface area (Å²) in [5, 5.41) is 11.7. The molecule has 0 aromatic rings. The summed E-state index contributed by atoms with van der Waals surface area (Å²) in [6.07, 6.45) is 9.02. The third-order valence-electron chi connectivity index (χ3n) is 10.2. The Morgan fingerprint density at radius 1 is 0.933 bits per heavy atom. The second-order valence-electron chi connectivity index (χ2n) is 11.3. The number of carbonyl (C=O) groups is 2. The molecule has 1 N–H and O–H groups in total. The van der Waals surface area contributed by atoms with Crippen molar-refractivity contribution in [3.05, 3.63) is 0 Å². The lowest BCUT2D eigenvalue weighted by Crippen LogP contribution is -2.60. The van der Waals surface area contributed by atoms with E-state index in [1.54, 1.807) is 0 Å². The van der Waals surface area contributed by atoms with Crippen molar-refractivity contribution in [3.8, 4) is 0 Å². The van der Waals surface area contributed by atoms with Crippen LogP contribution < -0.4 is 0 Å². The highest BCUT2D eigenvalue weighted by atomic mass is 16.6. The van der Waals surface area contributed by atoms with Gasteiger partial charge in [-0.1, -0.05) is 13.8 Å². The molecule has 0 radical (unpaired) electrons. The molecule has 0 heterocycles. The monoisotopic (exact) mass is 420 g/mol. The predicted molar refractivity (Wildman–Crippen MR) is 113 cm³/mol. The average molecular weight is 421 g/mol. The number of ether oxygens (including phenoxy) is 2. The van der Waals surface area contributed by atoms with Crippen LogP contribution >= 0.6 is 0 Å². The molecular weight excluding hydrogens is 380 g/mol. The van der Waals surface area contributed by atoms with Crippen molar-refractivity contribution < 1.29 is 24.2 Å². The first-order chi connectivity index (χ1) is 14.0. The number of carbonyl (C=O) groups excluding carboxylic acids is 2. The van der Waals surface area contributed by atoms with Gasteiger partial charge in [0.25, 0.3) is 0 Å². The van der Waals surface area contributed by atoms with E-state index < -0.39 is 11.7 Å². The molecule has 0 aliphatic heterocycles. The highest BCUT2D eigenvalue weighted by Gasteiger charge is 2.66. The van der Waals surface area contributed by atoms with E-state index in [0.29, 0.717) is 29.1 Å². The Kier molecular flexibility index (Phi) is 5.52. The van der Waals surface area contributed by atoms with Crippen LogP contribution in [0.2, 0.25) is 0 Å². The Morgan fingerprint density at radius 2 is 1.63 bits per heavy atom. The van der Waals surface area contributed by atoms with E-state index in [4.69, 9.17) is 9.47 Å². The number of aliphatic hydroxyl groups is 1. The molecule has 0 aromatic carbocycles. The fourth-order valence-electron chi connectivity index (χ4n) is 8.63. The van der Waals surface area contributed by atoms with Crippen molar-refractivity contribution >= 4 is 11.9 Å². The molecule has 30 heavy (non-hydrogen) atoms. The average Bonchev–Trinajstić information content (AvgIpc) is 2.93. The highest BCUT2D eigenvalue weighted by Crippen LogP contribution is 2.68. The van der Waals surface area contributed by atoms with E-state index in [9.17, 15) is 14.7 Å². The molecule has 0 saturated heterocycles. The largest absolute Gasteiger partial charge is 0.463 e. The van der Waals surface area contributed by atoms with Crippen LogP contribution in [0.4, 0.5) is 0 Å². The molecule has 0 bridgehead atoms. The molecule has 4 aliphatic carbocycles. The fraction of sp³-hybridized carbons (Fsp3) is 0.920. The molecule has 9 atom stereocenters. The second kappa shape index (κ2) is 7.50. The number of hydrogen-bond donors (Lipinski definition) is 1. The number of fused-ring (bicyclic) bond motifs is 5. The summed E-state index contributed by atoms with van der Waals surface area (Å²) >= 11 is 0. The van der Waals surface area contributed by atoms with Crippen molar-refractivity contribution in [2.75, 3.05) is 0 Å². The maximum absolute atomic E-state index is 11.7. The highest BCUT2D eigenvalue weighted by molar-refractivity contribution is 5.66. The van der Waals surface area contributed by atoms with Gasteiger partial charge < -0.3 is 14.6 Å². The van der Waals surface area contributed by atoms with Crippen LogP contribution in [0.15, 0.2) is 0 Å². The van der Waals surface area contributed by atoms with Crippen LogP contribution in [0.25, 0.3) is 0 Å². The molecule has 170 valence electrons. The molecule has 0 aromatic heterocycles. The van der Waals surface area contributed by atoms with Gasteiger partial charge in [0.15, 0.2) is 0 Å². The van der Waals surface area contributed by atoms with E-state index >= 15 is 0 Å². The van der Waals surface area contributed by atoms with Crippen LogP contribution in [0.1, 0.15) is 92.4 Å². The van der Waals surface area contributed by atoms with E-state index in [0.717, 1.165) is 44.9 Å². The van der Waals surface area contributed by atoms with Crippen LogP contribution in [0.5, 0.6) is 0 Å². The Bertz CT molecular complexity index is 706. The Morgan fingerprint density at radius 3 is 2.30 bits per heavy atom. The van der Waals surface area contributed by atoms with Gasteiger partial charge in [-0.15, -0.1) is 0 Å².